The molecule has 1 aromatic heterocycles. The van der Waals surface area contributed by atoms with E-state index in [1.54, 1.807) is 37.4 Å². The lowest BCUT2D eigenvalue weighted by Gasteiger charge is -2.06. The van der Waals surface area contributed by atoms with Crippen LogP contribution in [0.2, 0.25) is 0 Å². The lowest BCUT2D eigenvalue weighted by molar-refractivity contribution is -0.118. The van der Waals surface area contributed by atoms with Gasteiger partial charge in [0.05, 0.1) is 7.11 Å². The zero-order chi connectivity index (χ0) is 18.4. The number of nitrogens with zero attached hydrogens (tertiary/aromatic N) is 1. The van der Waals surface area contributed by atoms with Crippen molar-refractivity contribution < 1.29 is 18.8 Å². The summed E-state index contributed by atoms with van der Waals surface area (Å²) in [5.74, 6) is 1.26. The van der Waals surface area contributed by atoms with Crippen molar-refractivity contribution >= 4 is 11.8 Å². The third-order valence-electron chi connectivity index (χ3n) is 3.86. The fourth-order valence-corrected chi connectivity index (χ4v) is 2.38. The maximum absolute atomic E-state index is 12.0. The Kier molecular flexibility index (Phi) is 5.53. The van der Waals surface area contributed by atoms with Gasteiger partial charge in [0, 0.05) is 11.6 Å². The van der Waals surface area contributed by atoms with Crippen molar-refractivity contribution in [3.63, 3.8) is 0 Å². The first-order chi connectivity index (χ1) is 12.7. The van der Waals surface area contributed by atoms with Gasteiger partial charge in [-0.25, -0.2) is 0 Å². The molecule has 0 saturated heterocycles. The number of nitrogens with one attached hydrogen (secondary N) is 1. The summed E-state index contributed by atoms with van der Waals surface area (Å²) >= 11 is 0. The number of hydrogen-bond acceptors (Lipinski definition) is 5. The van der Waals surface area contributed by atoms with Gasteiger partial charge in [-0.1, -0.05) is 36.3 Å². The van der Waals surface area contributed by atoms with Crippen molar-refractivity contribution in [1.29, 1.82) is 0 Å². The Labute approximate surface area is 151 Å². The van der Waals surface area contributed by atoms with Crippen LogP contribution in [0.15, 0.2) is 59.1 Å². The van der Waals surface area contributed by atoms with Gasteiger partial charge in [-0.15, -0.1) is 0 Å². The number of hydrogen-bond donors (Lipinski definition) is 1. The highest BCUT2D eigenvalue weighted by molar-refractivity contribution is 5.91. The largest absolute Gasteiger partial charge is 0.497 e. The lowest BCUT2D eigenvalue weighted by Crippen LogP contribution is -2.19. The fourth-order valence-electron chi connectivity index (χ4n) is 2.38. The summed E-state index contributed by atoms with van der Waals surface area (Å²) in [5, 5.41) is 6.62. The van der Waals surface area contributed by atoms with Crippen LogP contribution in [0, 0.1) is 0 Å². The third kappa shape index (κ3) is 4.42. The first-order valence-corrected chi connectivity index (χ1v) is 8.30. The molecule has 0 aliphatic heterocycles. The maximum atomic E-state index is 12.0. The van der Waals surface area contributed by atoms with Crippen LogP contribution in [0.4, 0.5) is 5.88 Å². The van der Waals surface area contributed by atoms with E-state index >= 15 is 0 Å². The molecular formula is C20H20N2O4. The molecule has 1 N–H and O–H groups in total. The molecule has 26 heavy (non-hydrogen) atoms. The standard InChI is InChI=1S/C20H20N2O4/c1-3-14-4-6-15(7-5-14)18-12-20(26-22-18)21-19(23)13-25-17-10-8-16(24-2)9-11-17/h4-12H,3,13H2,1-2H3,(H,21,23). The normalized spacial score (nSPS) is 10.4. The number of anilines is 1. The van der Waals surface area contributed by atoms with Crippen molar-refractivity contribution in [2.45, 2.75) is 13.3 Å². The average Bonchev–Trinajstić information content (AvgIpc) is 3.15. The van der Waals surface area contributed by atoms with Crippen LogP contribution in [0.3, 0.4) is 0 Å². The number of methoxy groups -OCH3 is 1. The van der Waals surface area contributed by atoms with E-state index in [2.05, 4.69) is 17.4 Å². The Morgan fingerprint density at radius 1 is 1.08 bits per heavy atom. The molecule has 2 aromatic carbocycles. The summed E-state index contributed by atoms with van der Waals surface area (Å²) in [7, 11) is 1.59. The molecule has 1 heterocycles. The van der Waals surface area contributed by atoms with E-state index in [1.807, 2.05) is 24.3 Å². The van der Waals surface area contributed by atoms with Gasteiger partial charge in [-0.05, 0) is 36.2 Å². The molecule has 3 aromatic rings. The predicted octanol–water partition coefficient (Wildman–Crippen LogP) is 3.93. The second-order valence-electron chi connectivity index (χ2n) is 5.64. The molecule has 6 heteroatoms. The summed E-state index contributed by atoms with van der Waals surface area (Å²) in [4.78, 5) is 12.0. The number of carbonyl (C=O) groups is 1. The summed E-state index contributed by atoms with van der Waals surface area (Å²) in [6, 6.07) is 16.7. The van der Waals surface area contributed by atoms with E-state index < -0.39 is 0 Å². The van der Waals surface area contributed by atoms with E-state index in [0.29, 0.717) is 11.4 Å². The van der Waals surface area contributed by atoms with E-state index in [0.717, 1.165) is 17.7 Å². The second kappa shape index (κ2) is 8.20. The van der Waals surface area contributed by atoms with E-state index in [1.165, 1.54) is 5.56 Å². The number of amides is 1. The van der Waals surface area contributed by atoms with Gasteiger partial charge in [-0.3, -0.25) is 10.1 Å². The highest BCUT2D eigenvalue weighted by Gasteiger charge is 2.10. The molecule has 134 valence electrons. The molecule has 6 nitrogen and oxygen atoms in total. The Hall–Kier alpha value is -3.28. The highest BCUT2D eigenvalue weighted by atomic mass is 16.5. The molecule has 1 amide bonds. The van der Waals surface area contributed by atoms with Crippen molar-refractivity contribution in [3.05, 3.63) is 60.2 Å². The van der Waals surface area contributed by atoms with Gasteiger partial charge >= 0.3 is 0 Å². The van der Waals surface area contributed by atoms with Gasteiger partial charge in [0.2, 0.25) is 5.88 Å². The number of benzene rings is 2. The zero-order valence-corrected chi connectivity index (χ0v) is 14.7. The summed E-state index contributed by atoms with van der Waals surface area (Å²) in [6.07, 6.45) is 0.981. The van der Waals surface area contributed by atoms with E-state index in [-0.39, 0.29) is 18.4 Å². The molecule has 0 saturated carbocycles. The van der Waals surface area contributed by atoms with Gasteiger partial charge in [-0.2, -0.15) is 0 Å². The maximum Gasteiger partial charge on any atom is 0.264 e. The molecule has 0 spiro atoms. The van der Waals surface area contributed by atoms with Crippen LogP contribution in [-0.4, -0.2) is 24.8 Å². The van der Waals surface area contributed by atoms with E-state index in [9.17, 15) is 4.79 Å². The van der Waals surface area contributed by atoms with Crippen LogP contribution in [0.1, 0.15) is 12.5 Å². The minimum absolute atomic E-state index is 0.131. The predicted molar refractivity (Wildman–Crippen MR) is 98.4 cm³/mol. The summed E-state index contributed by atoms with van der Waals surface area (Å²) < 4.78 is 15.7. The van der Waals surface area contributed by atoms with Crippen LogP contribution in [0.25, 0.3) is 11.3 Å². The van der Waals surface area contributed by atoms with Gasteiger partial charge in [0.25, 0.3) is 5.91 Å². The first-order valence-electron chi connectivity index (χ1n) is 8.30. The Morgan fingerprint density at radius 3 is 2.42 bits per heavy atom. The molecule has 0 unspecified atom stereocenters. The van der Waals surface area contributed by atoms with Crippen LogP contribution in [-0.2, 0) is 11.2 Å². The molecule has 0 radical (unpaired) electrons. The van der Waals surface area contributed by atoms with Crippen molar-refractivity contribution in [3.8, 4) is 22.8 Å². The number of carbonyl (C=O) groups excluding carboxylic acids is 1. The first kappa shape index (κ1) is 17.5. The molecular weight excluding hydrogens is 332 g/mol. The third-order valence-corrected chi connectivity index (χ3v) is 3.86. The molecule has 0 atom stereocenters. The Morgan fingerprint density at radius 2 is 1.77 bits per heavy atom. The molecule has 0 aliphatic carbocycles. The number of aromatic nitrogens is 1. The average molecular weight is 352 g/mol. The van der Waals surface area contributed by atoms with Crippen molar-refractivity contribution in [2.24, 2.45) is 0 Å². The number of ether oxygens (including phenoxy) is 2. The number of rotatable bonds is 7. The van der Waals surface area contributed by atoms with Crippen molar-refractivity contribution in [1.82, 2.24) is 5.16 Å². The minimum atomic E-state index is -0.329. The summed E-state index contributed by atoms with van der Waals surface area (Å²) in [5.41, 5.74) is 2.85. The molecule has 0 bridgehead atoms. The van der Waals surface area contributed by atoms with Gasteiger partial charge in [0.15, 0.2) is 6.61 Å². The van der Waals surface area contributed by atoms with E-state index in [4.69, 9.17) is 14.0 Å². The van der Waals surface area contributed by atoms with Crippen LogP contribution in [0.5, 0.6) is 11.5 Å². The molecule has 3 rings (SSSR count). The Balaban J connectivity index is 1.55. The second-order valence-corrected chi connectivity index (χ2v) is 5.64. The quantitative estimate of drug-likeness (QED) is 0.697. The van der Waals surface area contributed by atoms with Crippen molar-refractivity contribution in [2.75, 3.05) is 19.0 Å². The minimum Gasteiger partial charge on any atom is -0.497 e. The molecule has 0 aliphatic rings. The van der Waals surface area contributed by atoms with Gasteiger partial charge in [0.1, 0.15) is 17.2 Å². The topological polar surface area (TPSA) is 73.6 Å². The van der Waals surface area contributed by atoms with Crippen LogP contribution >= 0.6 is 0 Å². The monoisotopic (exact) mass is 352 g/mol. The summed E-state index contributed by atoms with van der Waals surface area (Å²) in [6.45, 7) is 1.97. The smallest absolute Gasteiger partial charge is 0.264 e. The highest BCUT2D eigenvalue weighted by Crippen LogP contribution is 2.22. The number of aryl methyl sites for hydroxylation is 1. The fraction of sp³-hybridized carbons (Fsp3) is 0.200. The van der Waals surface area contributed by atoms with Gasteiger partial charge < -0.3 is 14.0 Å². The zero-order valence-electron chi connectivity index (χ0n) is 14.7. The molecule has 0 fully saturated rings. The van der Waals surface area contributed by atoms with Crippen LogP contribution < -0.4 is 14.8 Å². The Bertz CT molecular complexity index is 854. The lowest BCUT2D eigenvalue weighted by atomic mass is 10.1. The SMILES string of the molecule is CCc1ccc(-c2cc(NC(=O)COc3ccc(OC)cc3)on2)cc1.